The number of quaternary nitrogens is 1. The summed E-state index contributed by atoms with van der Waals surface area (Å²) < 4.78 is 0. The Morgan fingerprint density at radius 2 is 1.74 bits per heavy atom. The van der Waals surface area contributed by atoms with Gasteiger partial charge in [-0.1, -0.05) is 47.5 Å². The maximum atomic E-state index is 12.6. The molecule has 5 heteroatoms. The molecule has 2 aromatic rings. The minimum Gasteiger partial charge on any atom is -0.330 e. The van der Waals surface area contributed by atoms with Crippen molar-refractivity contribution in [1.82, 2.24) is 0 Å². The van der Waals surface area contributed by atoms with Crippen molar-refractivity contribution in [2.75, 3.05) is 11.9 Å². The number of anilines is 1. The second-order valence-corrected chi connectivity index (χ2v) is 6.51. The van der Waals surface area contributed by atoms with Crippen LogP contribution in [-0.4, -0.2) is 19.0 Å². The van der Waals surface area contributed by atoms with Gasteiger partial charge in [0.1, 0.15) is 6.04 Å². The van der Waals surface area contributed by atoms with Crippen molar-refractivity contribution in [3.63, 3.8) is 0 Å². The first-order chi connectivity index (χ1) is 10.9. The molecular formula is C18H21Cl2N2O+. The number of rotatable bonds is 5. The smallest absolute Gasteiger partial charge is 0.284 e. The number of carbonyl (C=O) groups excluding carboxylic acids is 1. The zero-order chi connectivity index (χ0) is 17.0. The van der Waals surface area contributed by atoms with E-state index in [1.807, 2.05) is 61.6 Å². The lowest BCUT2D eigenvalue weighted by atomic mass is 10.1. The molecule has 0 aliphatic carbocycles. The van der Waals surface area contributed by atoms with Crippen LogP contribution in [0.2, 0.25) is 10.0 Å². The molecule has 2 atom stereocenters. The third-order valence-corrected chi connectivity index (χ3v) is 4.46. The number of nitrogens with two attached hydrogens (primary N) is 1. The van der Waals surface area contributed by atoms with Gasteiger partial charge in [0.15, 0.2) is 6.04 Å². The van der Waals surface area contributed by atoms with E-state index < -0.39 is 0 Å². The Balaban J connectivity index is 2.05. The molecule has 2 rings (SSSR count). The summed E-state index contributed by atoms with van der Waals surface area (Å²) in [6.45, 7) is 3.93. The predicted octanol–water partition coefficient (Wildman–Crippen LogP) is 3.67. The number of para-hydroxylation sites is 1. The summed E-state index contributed by atoms with van der Waals surface area (Å²) in [6, 6.07) is 14.9. The van der Waals surface area contributed by atoms with Crippen LogP contribution in [-0.2, 0) is 4.79 Å². The third kappa shape index (κ3) is 4.47. The van der Waals surface area contributed by atoms with Crippen molar-refractivity contribution in [2.45, 2.75) is 25.9 Å². The van der Waals surface area contributed by atoms with Crippen molar-refractivity contribution in [3.8, 4) is 0 Å². The van der Waals surface area contributed by atoms with Crippen molar-refractivity contribution >= 4 is 34.8 Å². The molecule has 3 nitrogen and oxygen atoms in total. The van der Waals surface area contributed by atoms with Crippen LogP contribution in [0.3, 0.4) is 0 Å². The highest BCUT2D eigenvalue weighted by Crippen LogP contribution is 2.24. The fourth-order valence-electron chi connectivity index (χ4n) is 2.57. The Labute approximate surface area is 147 Å². The summed E-state index contributed by atoms with van der Waals surface area (Å²) in [5, 5.41) is 3.24. The minimum atomic E-state index is -0.220. The largest absolute Gasteiger partial charge is 0.330 e. The van der Waals surface area contributed by atoms with E-state index in [9.17, 15) is 4.79 Å². The fraction of sp³-hybridized carbons (Fsp3) is 0.278. The van der Waals surface area contributed by atoms with Gasteiger partial charge in [0.2, 0.25) is 0 Å². The molecule has 0 saturated heterocycles. The molecule has 1 amide bonds. The lowest BCUT2D eigenvalue weighted by molar-refractivity contribution is -0.710. The first kappa shape index (κ1) is 17.8. The number of carbonyl (C=O) groups is 1. The molecule has 0 spiro atoms. The summed E-state index contributed by atoms with van der Waals surface area (Å²) in [5.74, 6) is 0.0492. The highest BCUT2D eigenvalue weighted by atomic mass is 35.5. The Hall–Kier alpha value is -1.55. The van der Waals surface area contributed by atoms with Gasteiger partial charge >= 0.3 is 0 Å². The SMILES string of the molecule is C[C@H]([NH2+][C@H](C)C(=O)N(C)c1ccccc1)c1ccc(Cl)cc1Cl. The lowest BCUT2D eigenvalue weighted by Gasteiger charge is -2.23. The van der Waals surface area contributed by atoms with Crippen LogP contribution in [0.25, 0.3) is 0 Å². The van der Waals surface area contributed by atoms with Gasteiger partial charge in [0.25, 0.3) is 5.91 Å². The lowest BCUT2D eigenvalue weighted by Crippen LogP contribution is -2.92. The quantitative estimate of drug-likeness (QED) is 0.876. The molecule has 0 aliphatic heterocycles. The summed E-state index contributed by atoms with van der Waals surface area (Å²) in [7, 11) is 1.79. The molecule has 0 unspecified atom stereocenters. The van der Waals surface area contributed by atoms with E-state index in [2.05, 4.69) is 0 Å². The number of hydrogen-bond acceptors (Lipinski definition) is 1. The van der Waals surface area contributed by atoms with Gasteiger partial charge in [0, 0.05) is 23.3 Å². The standard InChI is InChI=1S/C18H20Cl2N2O/c1-12(16-10-9-14(19)11-17(16)20)21-13(2)18(23)22(3)15-7-5-4-6-8-15/h4-13,21H,1-3H3/p+1/t12-,13+/m0/s1. The summed E-state index contributed by atoms with van der Waals surface area (Å²) in [5.41, 5.74) is 1.85. The van der Waals surface area contributed by atoms with Crippen molar-refractivity contribution in [3.05, 3.63) is 64.1 Å². The van der Waals surface area contributed by atoms with E-state index >= 15 is 0 Å². The Bertz CT molecular complexity index is 676. The third-order valence-electron chi connectivity index (χ3n) is 3.89. The topological polar surface area (TPSA) is 36.9 Å². The molecule has 122 valence electrons. The Morgan fingerprint density at radius 3 is 2.35 bits per heavy atom. The van der Waals surface area contributed by atoms with Crippen LogP contribution in [0.15, 0.2) is 48.5 Å². The van der Waals surface area contributed by atoms with Gasteiger partial charge < -0.3 is 10.2 Å². The van der Waals surface area contributed by atoms with E-state index in [1.165, 1.54) is 0 Å². The van der Waals surface area contributed by atoms with E-state index in [0.717, 1.165) is 11.3 Å². The minimum absolute atomic E-state index is 0.0492. The van der Waals surface area contributed by atoms with Crippen molar-refractivity contribution in [1.29, 1.82) is 0 Å². The number of amides is 1. The van der Waals surface area contributed by atoms with Crippen LogP contribution in [0.4, 0.5) is 5.69 Å². The first-order valence-corrected chi connectivity index (χ1v) is 8.28. The fourth-order valence-corrected chi connectivity index (χ4v) is 3.15. The normalized spacial score (nSPS) is 13.4. The van der Waals surface area contributed by atoms with Crippen molar-refractivity contribution in [2.24, 2.45) is 0 Å². The van der Waals surface area contributed by atoms with Crippen LogP contribution in [0, 0.1) is 0 Å². The van der Waals surface area contributed by atoms with Crippen molar-refractivity contribution < 1.29 is 10.1 Å². The van der Waals surface area contributed by atoms with Crippen LogP contribution in [0.5, 0.6) is 0 Å². The van der Waals surface area contributed by atoms with Gasteiger partial charge in [0.05, 0.1) is 5.02 Å². The number of likely N-dealkylation sites (N-methyl/N-ethyl adjacent to an activating group) is 1. The highest BCUT2D eigenvalue weighted by molar-refractivity contribution is 6.35. The molecule has 0 heterocycles. The van der Waals surface area contributed by atoms with Gasteiger partial charge in [-0.3, -0.25) is 4.79 Å². The summed E-state index contributed by atoms with van der Waals surface area (Å²) in [4.78, 5) is 14.3. The molecule has 2 N–H and O–H groups in total. The molecule has 0 fully saturated rings. The second kappa shape index (κ2) is 7.82. The van der Waals surface area contributed by atoms with Gasteiger partial charge in [-0.25, -0.2) is 0 Å². The first-order valence-electron chi connectivity index (χ1n) is 7.52. The Kier molecular flexibility index (Phi) is 6.05. The molecular weight excluding hydrogens is 331 g/mol. The number of benzene rings is 2. The molecule has 23 heavy (non-hydrogen) atoms. The second-order valence-electron chi connectivity index (χ2n) is 5.67. The molecule has 0 aliphatic rings. The van der Waals surface area contributed by atoms with Gasteiger partial charge in [-0.05, 0) is 38.1 Å². The Morgan fingerprint density at radius 1 is 1.09 bits per heavy atom. The number of hydrogen-bond donors (Lipinski definition) is 1. The maximum absolute atomic E-state index is 12.6. The number of nitrogens with zero attached hydrogens (tertiary/aromatic N) is 1. The molecule has 0 aromatic heterocycles. The van der Waals surface area contributed by atoms with Crippen LogP contribution in [0.1, 0.15) is 25.5 Å². The maximum Gasteiger partial charge on any atom is 0.284 e. The highest BCUT2D eigenvalue weighted by Gasteiger charge is 2.25. The number of halogens is 2. The summed E-state index contributed by atoms with van der Waals surface area (Å²) >= 11 is 12.2. The monoisotopic (exact) mass is 351 g/mol. The van der Waals surface area contributed by atoms with Gasteiger partial charge in [-0.2, -0.15) is 0 Å². The molecule has 0 saturated carbocycles. The zero-order valence-electron chi connectivity index (χ0n) is 13.5. The van der Waals surface area contributed by atoms with Crippen LogP contribution < -0.4 is 10.2 Å². The van der Waals surface area contributed by atoms with Crippen LogP contribution >= 0.6 is 23.2 Å². The average Bonchev–Trinajstić information content (AvgIpc) is 2.54. The average molecular weight is 352 g/mol. The molecule has 0 radical (unpaired) electrons. The van der Waals surface area contributed by atoms with E-state index in [1.54, 1.807) is 18.0 Å². The molecule has 0 bridgehead atoms. The molecule has 2 aromatic carbocycles. The van der Waals surface area contributed by atoms with E-state index in [4.69, 9.17) is 23.2 Å². The van der Waals surface area contributed by atoms with E-state index in [0.29, 0.717) is 10.0 Å². The summed E-state index contributed by atoms with van der Waals surface area (Å²) in [6.07, 6.45) is 0. The zero-order valence-corrected chi connectivity index (χ0v) is 15.0. The van der Waals surface area contributed by atoms with E-state index in [-0.39, 0.29) is 18.0 Å². The predicted molar refractivity (Wildman–Crippen MR) is 96.1 cm³/mol. The van der Waals surface area contributed by atoms with Gasteiger partial charge in [-0.15, -0.1) is 0 Å².